The summed E-state index contributed by atoms with van der Waals surface area (Å²) in [6, 6.07) is 9.53. The van der Waals surface area contributed by atoms with Crippen LogP contribution in [0, 0.1) is 0 Å². The van der Waals surface area contributed by atoms with E-state index in [4.69, 9.17) is 4.74 Å². The van der Waals surface area contributed by atoms with Crippen LogP contribution in [0.3, 0.4) is 0 Å². The minimum Gasteiger partial charge on any atom is -0.467 e. The van der Waals surface area contributed by atoms with Gasteiger partial charge in [-0.3, -0.25) is 4.79 Å². The SMILES string of the molecule is CCCC(C)(NC(=O)C(C)(C)c1ccccc1)C(=O)OC. The normalized spacial score (nSPS) is 14.1. The summed E-state index contributed by atoms with van der Waals surface area (Å²) in [6.45, 7) is 7.37. The van der Waals surface area contributed by atoms with Crippen molar-refractivity contribution in [3.05, 3.63) is 35.9 Å². The highest BCUT2D eigenvalue weighted by Crippen LogP contribution is 2.25. The van der Waals surface area contributed by atoms with Crippen LogP contribution in [0.4, 0.5) is 0 Å². The molecule has 0 aliphatic heterocycles. The van der Waals surface area contributed by atoms with Crippen LogP contribution >= 0.6 is 0 Å². The Bertz CT molecular complexity index is 496. The van der Waals surface area contributed by atoms with Crippen molar-refractivity contribution < 1.29 is 14.3 Å². The lowest BCUT2D eigenvalue weighted by molar-refractivity contribution is -0.151. The molecular weight excluding hydrogens is 266 g/mol. The predicted molar refractivity (Wildman–Crippen MR) is 82.9 cm³/mol. The van der Waals surface area contributed by atoms with E-state index in [0.29, 0.717) is 6.42 Å². The molecule has 1 N–H and O–H groups in total. The van der Waals surface area contributed by atoms with Gasteiger partial charge < -0.3 is 10.1 Å². The second kappa shape index (κ2) is 6.74. The third-order valence-corrected chi connectivity index (χ3v) is 3.84. The average molecular weight is 291 g/mol. The van der Waals surface area contributed by atoms with E-state index in [1.54, 1.807) is 6.92 Å². The number of amides is 1. The summed E-state index contributed by atoms with van der Waals surface area (Å²) in [5.41, 5.74) is -0.803. The molecule has 0 saturated heterocycles. The molecule has 4 heteroatoms. The Labute approximate surface area is 126 Å². The number of rotatable bonds is 6. The second-order valence-electron chi connectivity index (χ2n) is 6.02. The Morgan fingerprint density at radius 1 is 1.14 bits per heavy atom. The number of carbonyl (C=O) groups is 2. The van der Waals surface area contributed by atoms with Crippen LogP contribution in [0.2, 0.25) is 0 Å². The van der Waals surface area contributed by atoms with E-state index in [1.165, 1.54) is 7.11 Å². The molecule has 1 rings (SSSR count). The number of carbonyl (C=O) groups excluding carboxylic acids is 2. The molecule has 0 spiro atoms. The van der Waals surface area contributed by atoms with Gasteiger partial charge in [-0.2, -0.15) is 0 Å². The van der Waals surface area contributed by atoms with E-state index >= 15 is 0 Å². The van der Waals surface area contributed by atoms with Crippen molar-refractivity contribution in [2.24, 2.45) is 0 Å². The first-order valence-electron chi connectivity index (χ1n) is 7.24. The van der Waals surface area contributed by atoms with Crippen molar-refractivity contribution in [2.45, 2.75) is 51.5 Å². The Hall–Kier alpha value is -1.84. The van der Waals surface area contributed by atoms with Gasteiger partial charge in [-0.1, -0.05) is 43.7 Å². The first-order chi connectivity index (χ1) is 9.78. The molecule has 0 aromatic heterocycles. The zero-order valence-electron chi connectivity index (χ0n) is 13.5. The summed E-state index contributed by atoms with van der Waals surface area (Å²) in [4.78, 5) is 24.6. The van der Waals surface area contributed by atoms with E-state index in [-0.39, 0.29) is 5.91 Å². The molecule has 0 heterocycles. The molecule has 0 aliphatic carbocycles. The number of hydrogen-bond acceptors (Lipinski definition) is 3. The average Bonchev–Trinajstić information content (AvgIpc) is 2.47. The van der Waals surface area contributed by atoms with Gasteiger partial charge in [-0.25, -0.2) is 4.79 Å². The van der Waals surface area contributed by atoms with Crippen LogP contribution in [-0.2, 0) is 19.7 Å². The van der Waals surface area contributed by atoms with E-state index in [2.05, 4.69) is 5.32 Å². The van der Waals surface area contributed by atoms with Gasteiger partial charge in [0.1, 0.15) is 5.54 Å². The largest absolute Gasteiger partial charge is 0.467 e. The third kappa shape index (κ3) is 3.84. The molecule has 1 unspecified atom stereocenters. The minimum absolute atomic E-state index is 0.185. The summed E-state index contributed by atoms with van der Waals surface area (Å²) < 4.78 is 4.83. The van der Waals surface area contributed by atoms with Crippen molar-refractivity contribution in [1.29, 1.82) is 0 Å². The third-order valence-electron chi connectivity index (χ3n) is 3.84. The maximum absolute atomic E-state index is 12.7. The Balaban J connectivity index is 2.99. The lowest BCUT2D eigenvalue weighted by Gasteiger charge is -2.32. The van der Waals surface area contributed by atoms with Crippen LogP contribution in [0.5, 0.6) is 0 Å². The number of hydrogen-bond donors (Lipinski definition) is 1. The Morgan fingerprint density at radius 3 is 2.19 bits per heavy atom. The number of ether oxygens (including phenoxy) is 1. The standard InChI is InChI=1S/C17H25NO3/c1-6-12-17(4,15(20)21-5)18-14(19)16(2,3)13-10-8-7-9-11-13/h7-11H,6,12H2,1-5H3,(H,18,19). The Kier molecular flexibility index (Phi) is 5.53. The van der Waals surface area contributed by atoms with E-state index in [1.807, 2.05) is 51.1 Å². The summed E-state index contributed by atoms with van der Waals surface area (Å²) in [7, 11) is 1.34. The molecule has 0 fully saturated rings. The first-order valence-corrected chi connectivity index (χ1v) is 7.24. The summed E-state index contributed by atoms with van der Waals surface area (Å²) in [6.07, 6.45) is 1.31. The summed E-state index contributed by atoms with van der Waals surface area (Å²) in [5.74, 6) is -0.600. The number of esters is 1. The van der Waals surface area contributed by atoms with Crippen molar-refractivity contribution >= 4 is 11.9 Å². The van der Waals surface area contributed by atoms with Gasteiger partial charge in [0.25, 0.3) is 0 Å². The molecule has 21 heavy (non-hydrogen) atoms. The van der Waals surface area contributed by atoms with Crippen LogP contribution in [0.15, 0.2) is 30.3 Å². The second-order valence-corrected chi connectivity index (χ2v) is 6.02. The van der Waals surface area contributed by atoms with Gasteiger partial charge in [-0.05, 0) is 32.8 Å². The van der Waals surface area contributed by atoms with E-state index in [0.717, 1.165) is 12.0 Å². The van der Waals surface area contributed by atoms with Gasteiger partial charge >= 0.3 is 5.97 Å². The first kappa shape index (κ1) is 17.2. The lowest BCUT2D eigenvalue weighted by Crippen LogP contribution is -2.56. The molecular formula is C17H25NO3. The number of nitrogens with one attached hydrogen (secondary N) is 1. The molecule has 1 atom stereocenters. The fourth-order valence-electron chi connectivity index (χ4n) is 2.33. The smallest absolute Gasteiger partial charge is 0.331 e. The topological polar surface area (TPSA) is 55.4 Å². The number of benzene rings is 1. The highest BCUT2D eigenvalue weighted by molar-refractivity contribution is 5.93. The fraction of sp³-hybridized carbons (Fsp3) is 0.529. The highest BCUT2D eigenvalue weighted by Gasteiger charge is 2.39. The maximum atomic E-state index is 12.7. The van der Waals surface area contributed by atoms with Crippen molar-refractivity contribution in [3.63, 3.8) is 0 Å². The Morgan fingerprint density at radius 2 is 1.71 bits per heavy atom. The molecule has 0 saturated carbocycles. The van der Waals surface area contributed by atoms with E-state index in [9.17, 15) is 9.59 Å². The predicted octanol–water partition coefficient (Wildman–Crippen LogP) is 2.81. The molecule has 0 aliphatic rings. The quantitative estimate of drug-likeness (QED) is 0.820. The molecule has 4 nitrogen and oxygen atoms in total. The van der Waals surface area contributed by atoms with Gasteiger partial charge in [0.2, 0.25) is 5.91 Å². The zero-order valence-corrected chi connectivity index (χ0v) is 13.5. The van der Waals surface area contributed by atoms with Crippen LogP contribution in [0.25, 0.3) is 0 Å². The molecule has 1 aromatic carbocycles. The fourth-order valence-corrected chi connectivity index (χ4v) is 2.33. The summed E-state index contributed by atoms with van der Waals surface area (Å²) >= 11 is 0. The van der Waals surface area contributed by atoms with Crippen molar-refractivity contribution in [1.82, 2.24) is 5.32 Å². The van der Waals surface area contributed by atoms with Gasteiger partial charge in [-0.15, -0.1) is 0 Å². The molecule has 1 aromatic rings. The molecule has 0 radical (unpaired) electrons. The van der Waals surface area contributed by atoms with Gasteiger partial charge in [0, 0.05) is 0 Å². The van der Waals surface area contributed by atoms with E-state index < -0.39 is 16.9 Å². The zero-order chi connectivity index (χ0) is 16.1. The van der Waals surface area contributed by atoms with Crippen LogP contribution in [0.1, 0.15) is 46.1 Å². The molecule has 116 valence electrons. The van der Waals surface area contributed by atoms with Gasteiger partial charge in [0.15, 0.2) is 0 Å². The monoisotopic (exact) mass is 291 g/mol. The maximum Gasteiger partial charge on any atom is 0.331 e. The van der Waals surface area contributed by atoms with Crippen molar-refractivity contribution in [3.8, 4) is 0 Å². The van der Waals surface area contributed by atoms with Crippen LogP contribution < -0.4 is 5.32 Å². The van der Waals surface area contributed by atoms with Crippen molar-refractivity contribution in [2.75, 3.05) is 7.11 Å². The van der Waals surface area contributed by atoms with Crippen LogP contribution in [-0.4, -0.2) is 24.5 Å². The lowest BCUT2D eigenvalue weighted by atomic mass is 9.82. The molecule has 1 amide bonds. The highest BCUT2D eigenvalue weighted by atomic mass is 16.5. The molecule has 0 bridgehead atoms. The number of methoxy groups -OCH3 is 1. The summed E-state index contributed by atoms with van der Waals surface area (Å²) in [5, 5.41) is 2.87. The van der Waals surface area contributed by atoms with Gasteiger partial charge in [0.05, 0.1) is 12.5 Å². The minimum atomic E-state index is -0.993.